The average Bonchev–Trinajstić information content (AvgIpc) is 2.69. The standard InChI is InChI=1S/C20H21NO7S/c1-26-18-6-4-5-15(20(18)27-2)9-12-19(23)28-13-17(22)14-7-10-16(11-8-14)21-29(3,24)25/h4-12,21H,13H2,1-3H3/b12-9+. The second-order valence-corrected chi connectivity index (χ2v) is 7.65. The molecule has 0 bridgehead atoms. The number of ether oxygens (including phenoxy) is 3. The first kappa shape index (κ1) is 22.0. The molecule has 0 saturated heterocycles. The fraction of sp³-hybridized carbons (Fsp3) is 0.200. The van der Waals surface area contributed by atoms with Gasteiger partial charge in [0.25, 0.3) is 0 Å². The lowest BCUT2D eigenvalue weighted by Crippen LogP contribution is -2.13. The van der Waals surface area contributed by atoms with E-state index in [1.165, 1.54) is 50.6 Å². The van der Waals surface area contributed by atoms with Crippen LogP contribution in [0.3, 0.4) is 0 Å². The Morgan fingerprint density at radius 1 is 1.03 bits per heavy atom. The topological polar surface area (TPSA) is 108 Å². The molecule has 2 aromatic carbocycles. The maximum Gasteiger partial charge on any atom is 0.331 e. The van der Waals surface area contributed by atoms with E-state index in [1.54, 1.807) is 18.2 Å². The number of benzene rings is 2. The van der Waals surface area contributed by atoms with Crippen LogP contribution < -0.4 is 14.2 Å². The van der Waals surface area contributed by atoms with Crippen LogP contribution in [0.25, 0.3) is 6.08 Å². The Hall–Kier alpha value is -3.33. The Kier molecular flexibility index (Phi) is 7.38. The van der Waals surface area contributed by atoms with Crippen LogP contribution in [0.15, 0.2) is 48.5 Å². The Labute approximate surface area is 169 Å². The Morgan fingerprint density at radius 2 is 1.72 bits per heavy atom. The number of para-hydroxylation sites is 1. The second-order valence-electron chi connectivity index (χ2n) is 5.90. The summed E-state index contributed by atoms with van der Waals surface area (Å²) in [5.41, 5.74) is 1.23. The minimum Gasteiger partial charge on any atom is -0.493 e. The highest BCUT2D eigenvalue weighted by atomic mass is 32.2. The van der Waals surface area contributed by atoms with Crippen LogP contribution in [0.2, 0.25) is 0 Å². The van der Waals surface area contributed by atoms with Gasteiger partial charge in [0.15, 0.2) is 23.9 Å². The molecular formula is C20H21NO7S. The fourth-order valence-electron chi connectivity index (χ4n) is 2.41. The Balaban J connectivity index is 1.95. The first-order valence-corrected chi connectivity index (χ1v) is 10.3. The number of ketones is 1. The lowest BCUT2D eigenvalue weighted by atomic mass is 10.1. The zero-order valence-corrected chi connectivity index (χ0v) is 17.0. The average molecular weight is 419 g/mol. The quantitative estimate of drug-likeness (QED) is 0.378. The van der Waals surface area contributed by atoms with Crippen molar-refractivity contribution >= 4 is 33.5 Å². The summed E-state index contributed by atoms with van der Waals surface area (Å²) in [5.74, 6) is -0.125. The molecule has 0 atom stereocenters. The molecule has 0 amide bonds. The minimum absolute atomic E-state index is 0.287. The molecule has 0 radical (unpaired) electrons. The number of esters is 1. The summed E-state index contributed by atoms with van der Waals surface area (Å²) in [7, 11) is -0.401. The van der Waals surface area contributed by atoms with Gasteiger partial charge < -0.3 is 14.2 Å². The van der Waals surface area contributed by atoms with Gasteiger partial charge in [0.05, 0.1) is 20.5 Å². The van der Waals surface area contributed by atoms with Gasteiger partial charge in [-0.1, -0.05) is 12.1 Å². The molecule has 0 spiro atoms. The van der Waals surface area contributed by atoms with E-state index in [2.05, 4.69) is 4.72 Å². The number of anilines is 1. The Morgan fingerprint density at radius 3 is 2.31 bits per heavy atom. The summed E-state index contributed by atoms with van der Waals surface area (Å²) in [6.07, 6.45) is 3.71. The van der Waals surface area contributed by atoms with Crippen molar-refractivity contribution in [3.63, 3.8) is 0 Å². The molecule has 1 N–H and O–H groups in total. The third kappa shape index (κ3) is 6.65. The van der Waals surface area contributed by atoms with E-state index in [1.807, 2.05) is 0 Å². The predicted molar refractivity (Wildman–Crippen MR) is 109 cm³/mol. The van der Waals surface area contributed by atoms with Gasteiger partial charge in [0.1, 0.15) is 0 Å². The van der Waals surface area contributed by atoms with E-state index in [-0.39, 0.29) is 5.56 Å². The largest absolute Gasteiger partial charge is 0.493 e. The number of rotatable bonds is 9. The van der Waals surface area contributed by atoms with Crippen LogP contribution >= 0.6 is 0 Å². The smallest absolute Gasteiger partial charge is 0.331 e. The predicted octanol–water partition coefficient (Wildman–Crippen LogP) is 2.51. The van der Waals surface area contributed by atoms with Gasteiger partial charge in [-0.3, -0.25) is 9.52 Å². The Bertz CT molecular complexity index is 1010. The van der Waals surface area contributed by atoms with E-state index in [4.69, 9.17) is 14.2 Å². The molecule has 2 rings (SSSR count). The maximum absolute atomic E-state index is 12.1. The maximum atomic E-state index is 12.1. The van der Waals surface area contributed by atoms with Crippen molar-refractivity contribution in [2.45, 2.75) is 0 Å². The SMILES string of the molecule is COc1cccc(/C=C/C(=O)OCC(=O)c2ccc(NS(C)(=O)=O)cc2)c1OC. The number of hydrogen-bond acceptors (Lipinski definition) is 7. The molecule has 0 unspecified atom stereocenters. The molecule has 0 heterocycles. The van der Waals surface area contributed by atoms with Gasteiger partial charge in [-0.15, -0.1) is 0 Å². The number of methoxy groups -OCH3 is 2. The van der Waals surface area contributed by atoms with E-state index in [9.17, 15) is 18.0 Å². The van der Waals surface area contributed by atoms with Crippen LogP contribution in [-0.4, -0.2) is 47.3 Å². The third-order valence-electron chi connectivity index (χ3n) is 3.69. The number of Topliss-reactive ketones (excluding diaryl/α,β-unsaturated/α-hetero) is 1. The second kappa shape index (κ2) is 9.74. The molecule has 0 aliphatic rings. The molecule has 2 aromatic rings. The molecule has 0 aliphatic heterocycles. The normalized spacial score (nSPS) is 11.1. The highest BCUT2D eigenvalue weighted by molar-refractivity contribution is 7.92. The monoisotopic (exact) mass is 419 g/mol. The molecular weight excluding hydrogens is 398 g/mol. The molecule has 0 aliphatic carbocycles. The number of sulfonamides is 1. The molecule has 154 valence electrons. The van der Waals surface area contributed by atoms with Crippen molar-refractivity contribution < 1.29 is 32.2 Å². The summed E-state index contributed by atoms with van der Waals surface area (Å²) in [4.78, 5) is 24.0. The summed E-state index contributed by atoms with van der Waals surface area (Å²) in [6.45, 7) is -0.447. The fourth-order valence-corrected chi connectivity index (χ4v) is 2.97. The van der Waals surface area contributed by atoms with Crippen LogP contribution in [0.4, 0.5) is 5.69 Å². The molecule has 0 saturated carbocycles. The van der Waals surface area contributed by atoms with Crippen molar-refractivity contribution in [3.05, 3.63) is 59.7 Å². The lowest BCUT2D eigenvalue weighted by Gasteiger charge is -2.09. The number of nitrogens with one attached hydrogen (secondary N) is 1. The zero-order chi connectivity index (χ0) is 21.4. The summed E-state index contributed by atoms with van der Waals surface area (Å²) < 4.78 is 40.1. The van der Waals surface area contributed by atoms with Gasteiger partial charge in [0, 0.05) is 22.9 Å². The summed E-state index contributed by atoms with van der Waals surface area (Å²) in [5, 5.41) is 0. The molecule has 0 aromatic heterocycles. The zero-order valence-electron chi connectivity index (χ0n) is 16.2. The van der Waals surface area contributed by atoms with Crippen LogP contribution in [0.1, 0.15) is 15.9 Å². The van der Waals surface area contributed by atoms with Gasteiger partial charge in [-0.25, -0.2) is 13.2 Å². The third-order valence-corrected chi connectivity index (χ3v) is 4.29. The molecule has 9 heteroatoms. The molecule has 8 nitrogen and oxygen atoms in total. The van der Waals surface area contributed by atoms with Crippen molar-refractivity contribution in [2.24, 2.45) is 0 Å². The highest BCUT2D eigenvalue weighted by Crippen LogP contribution is 2.31. The van der Waals surface area contributed by atoms with Crippen LogP contribution in [0, 0.1) is 0 Å². The molecule has 29 heavy (non-hydrogen) atoms. The summed E-state index contributed by atoms with van der Waals surface area (Å²) >= 11 is 0. The van der Waals surface area contributed by atoms with Crippen molar-refractivity contribution in [1.29, 1.82) is 0 Å². The van der Waals surface area contributed by atoms with Gasteiger partial charge in [-0.05, 0) is 36.4 Å². The number of carbonyl (C=O) groups is 2. The minimum atomic E-state index is -3.40. The highest BCUT2D eigenvalue weighted by Gasteiger charge is 2.11. The van der Waals surface area contributed by atoms with Crippen LogP contribution in [-0.2, 0) is 19.6 Å². The van der Waals surface area contributed by atoms with Crippen molar-refractivity contribution in [1.82, 2.24) is 0 Å². The van der Waals surface area contributed by atoms with Crippen molar-refractivity contribution in [3.8, 4) is 11.5 Å². The number of carbonyl (C=O) groups excluding carboxylic acids is 2. The van der Waals surface area contributed by atoms with Crippen LogP contribution in [0.5, 0.6) is 11.5 Å². The van der Waals surface area contributed by atoms with E-state index >= 15 is 0 Å². The van der Waals surface area contributed by atoms with Crippen molar-refractivity contribution in [2.75, 3.05) is 31.8 Å². The first-order valence-electron chi connectivity index (χ1n) is 8.40. The van der Waals surface area contributed by atoms with E-state index in [0.717, 1.165) is 6.26 Å². The summed E-state index contributed by atoms with van der Waals surface area (Å²) in [6, 6.07) is 11.0. The van der Waals surface area contributed by atoms with E-state index in [0.29, 0.717) is 22.7 Å². The van der Waals surface area contributed by atoms with Gasteiger partial charge in [0.2, 0.25) is 10.0 Å². The van der Waals surface area contributed by atoms with E-state index < -0.39 is 28.4 Å². The van der Waals surface area contributed by atoms with Gasteiger partial charge in [-0.2, -0.15) is 0 Å². The first-order chi connectivity index (χ1) is 13.7. The van der Waals surface area contributed by atoms with Gasteiger partial charge >= 0.3 is 5.97 Å². The number of hydrogen-bond donors (Lipinski definition) is 1. The molecule has 0 fully saturated rings. The lowest BCUT2D eigenvalue weighted by molar-refractivity contribution is -0.136.